The fourth-order valence-electron chi connectivity index (χ4n) is 3.16. The molecule has 9 heteroatoms. The van der Waals surface area contributed by atoms with Crippen molar-refractivity contribution in [2.75, 3.05) is 37.3 Å². The Morgan fingerprint density at radius 1 is 1.11 bits per heavy atom. The molecule has 0 atom stereocenters. The first kappa shape index (κ1) is 19.2. The smallest absolute Gasteiger partial charge is 0.255 e. The largest absolute Gasteiger partial charge is 0.345 e. The van der Waals surface area contributed by atoms with Crippen LogP contribution in [0.1, 0.15) is 10.4 Å². The normalized spacial score (nSPS) is 15.2. The SMILES string of the molecule is CS(=O)(=O)c1ccc2nc(N3CCN(C(=O)c4ccccc4Cl)CC3)sc2c1. The molecule has 2 heterocycles. The maximum atomic E-state index is 12.7. The highest BCUT2D eigenvalue weighted by atomic mass is 35.5. The third-order valence-corrected chi connectivity index (χ3v) is 7.24. The van der Waals surface area contributed by atoms with Gasteiger partial charge in [-0.15, -0.1) is 0 Å². The summed E-state index contributed by atoms with van der Waals surface area (Å²) in [6.45, 7) is 2.48. The molecule has 1 fully saturated rings. The predicted molar refractivity (Wildman–Crippen MR) is 112 cm³/mol. The van der Waals surface area contributed by atoms with Gasteiger partial charge in [0.05, 0.1) is 25.7 Å². The molecule has 6 nitrogen and oxygen atoms in total. The van der Waals surface area contributed by atoms with Crippen molar-refractivity contribution in [1.82, 2.24) is 9.88 Å². The highest BCUT2D eigenvalue weighted by Crippen LogP contribution is 2.31. The second kappa shape index (κ2) is 7.35. The third-order valence-electron chi connectivity index (χ3n) is 4.72. The molecule has 0 aliphatic carbocycles. The van der Waals surface area contributed by atoms with Crippen molar-refractivity contribution in [3.63, 3.8) is 0 Å². The third kappa shape index (κ3) is 3.72. The first-order valence-electron chi connectivity index (χ1n) is 8.72. The number of hydrogen-bond donors (Lipinski definition) is 0. The monoisotopic (exact) mass is 435 g/mol. The van der Waals surface area contributed by atoms with Crippen LogP contribution < -0.4 is 4.90 Å². The Morgan fingerprint density at radius 2 is 1.82 bits per heavy atom. The summed E-state index contributed by atoms with van der Waals surface area (Å²) in [6, 6.07) is 12.1. The summed E-state index contributed by atoms with van der Waals surface area (Å²) < 4.78 is 24.3. The van der Waals surface area contributed by atoms with Crippen LogP contribution in [-0.4, -0.2) is 56.6 Å². The van der Waals surface area contributed by atoms with E-state index in [-0.39, 0.29) is 5.91 Å². The van der Waals surface area contributed by atoms with Gasteiger partial charge in [-0.25, -0.2) is 13.4 Å². The van der Waals surface area contributed by atoms with Gasteiger partial charge in [-0.1, -0.05) is 35.1 Å². The van der Waals surface area contributed by atoms with Crippen LogP contribution in [0.4, 0.5) is 5.13 Å². The van der Waals surface area contributed by atoms with Gasteiger partial charge in [-0.3, -0.25) is 4.79 Å². The van der Waals surface area contributed by atoms with Gasteiger partial charge in [-0.2, -0.15) is 0 Å². The first-order chi connectivity index (χ1) is 13.3. The zero-order valence-corrected chi connectivity index (χ0v) is 17.5. The van der Waals surface area contributed by atoms with E-state index >= 15 is 0 Å². The van der Waals surface area contributed by atoms with Gasteiger partial charge in [0.25, 0.3) is 5.91 Å². The van der Waals surface area contributed by atoms with Crippen LogP contribution in [-0.2, 0) is 9.84 Å². The minimum atomic E-state index is -3.25. The van der Waals surface area contributed by atoms with Gasteiger partial charge in [-0.05, 0) is 30.3 Å². The number of piperazine rings is 1. The predicted octanol–water partition coefficient (Wildman–Crippen LogP) is 3.32. The minimum Gasteiger partial charge on any atom is -0.345 e. The topological polar surface area (TPSA) is 70.6 Å². The number of fused-ring (bicyclic) bond motifs is 1. The number of rotatable bonds is 3. The van der Waals surface area contributed by atoms with Gasteiger partial charge in [0, 0.05) is 32.4 Å². The van der Waals surface area contributed by atoms with E-state index in [4.69, 9.17) is 11.6 Å². The summed E-state index contributed by atoms with van der Waals surface area (Å²) in [4.78, 5) is 21.5. The van der Waals surface area contributed by atoms with E-state index < -0.39 is 9.84 Å². The number of carbonyl (C=O) groups excluding carboxylic acids is 1. The molecular formula is C19H18ClN3O3S2. The van der Waals surface area contributed by atoms with E-state index in [9.17, 15) is 13.2 Å². The molecule has 0 radical (unpaired) electrons. The molecule has 1 amide bonds. The Labute approximate surface area is 172 Å². The van der Waals surface area contributed by atoms with Crippen LogP contribution in [0.15, 0.2) is 47.4 Å². The minimum absolute atomic E-state index is 0.0626. The molecule has 3 aromatic rings. The van der Waals surface area contributed by atoms with Gasteiger partial charge in [0.1, 0.15) is 0 Å². The van der Waals surface area contributed by atoms with Crippen molar-refractivity contribution in [2.24, 2.45) is 0 Å². The number of benzene rings is 2. The molecule has 0 unspecified atom stereocenters. The maximum Gasteiger partial charge on any atom is 0.255 e. The van der Waals surface area contributed by atoms with Crippen LogP contribution in [0.25, 0.3) is 10.2 Å². The molecule has 1 aromatic heterocycles. The number of amides is 1. The Morgan fingerprint density at radius 3 is 2.50 bits per heavy atom. The quantitative estimate of drug-likeness (QED) is 0.631. The van der Waals surface area contributed by atoms with E-state index in [1.54, 1.807) is 47.4 Å². The molecule has 146 valence electrons. The van der Waals surface area contributed by atoms with Crippen molar-refractivity contribution in [3.05, 3.63) is 53.1 Å². The zero-order chi connectivity index (χ0) is 19.9. The maximum absolute atomic E-state index is 12.7. The molecule has 1 saturated heterocycles. The van der Waals surface area contributed by atoms with Gasteiger partial charge >= 0.3 is 0 Å². The second-order valence-corrected chi connectivity index (χ2v) is 10.1. The summed E-state index contributed by atoms with van der Waals surface area (Å²) >= 11 is 7.61. The lowest BCUT2D eigenvalue weighted by Crippen LogP contribution is -2.48. The summed E-state index contributed by atoms with van der Waals surface area (Å²) in [5.41, 5.74) is 1.30. The molecule has 2 aromatic carbocycles. The van der Waals surface area contributed by atoms with Gasteiger partial charge in [0.2, 0.25) is 0 Å². The molecule has 4 rings (SSSR count). The van der Waals surface area contributed by atoms with E-state index in [0.717, 1.165) is 15.3 Å². The molecule has 0 spiro atoms. The van der Waals surface area contributed by atoms with E-state index in [2.05, 4.69) is 9.88 Å². The summed E-state index contributed by atoms with van der Waals surface area (Å²) in [5.74, 6) is -0.0626. The van der Waals surface area contributed by atoms with E-state index in [1.807, 2.05) is 0 Å². The molecule has 0 bridgehead atoms. The van der Waals surface area contributed by atoms with Crippen molar-refractivity contribution in [2.45, 2.75) is 4.90 Å². The number of nitrogens with zero attached hydrogens (tertiary/aromatic N) is 3. The Bertz CT molecular complexity index is 1150. The Kier molecular flexibility index (Phi) is 5.03. The number of halogens is 1. The zero-order valence-electron chi connectivity index (χ0n) is 15.1. The fourth-order valence-corrected chi connectivity index (χ4v) is 5.16. The van der Waals surface area contributed by atoms with E-state index in [0.29, 0.717) is 41.7 Å². The number of hydrogen-bond acceptors (Lipinski definition) is 6. The van der Waals surface area contributed by atoms with Crippen molar-refractivity contribution in [1.29, 1.82) is 0 Å². The first-order valence-corrected chi connectivity index (χ1v) is 11.8. The summed E-state index contributed by atoms with van der Waals surface area (Å²) in [5, 5.41) is 1.30. The van der Waals surface area contributed by atoms with Crippen molar-refractivity contribution in [3.8, 4) is 0 Å². The van der Waals surface area contributed by atoms with Gasteiger partial charge < -0.3 is 9.80 Å². The molecule has 28 heavy (non-hydrogen) atoms. The number of aromatic nitrogens is 1. The van der Waals surface area contributed by atoms with Gasteiger partial charge in [0.15, 0.2) is 15.0 Å². The van der Waals surface area contributed by atoms with Crippen molar-refractivity contribution >= 4 is 54.0 Å². The van der Waals surface area contributed by atoms with Crippen LogP contribution in [0.3, 0.4) is 0 Å². The lowest BCUT2D eigenvalue weighted by atomic mass is 10.2. The lowest BCUT2D eigenvalue weighted by Gasteiger charge is -2.34. The highest BCUT2D eigenvalue weighted by Gasteiger charge is 2.25. The summed E-state index contributed by atoms with van der Waals surface area (Å²) in [6.07, 6.45) is 1.20. The van der Waals surface area contributed by atoms with Crippen LogP contribution in [0, 0.1) is 0 Å². The number of anilines is 1. The number of sulfone groups is 1. The average molecular weight is 436 g/mol. The average Bonchev–Trinajstić information content (AvgIpc) is 3.11. The Balaban J connectivity index is 1.49. The molecule has 0 saturated carbocycles. The number of thiazole rings is 1. The van der Waals surface area contributed by atoms with E-state index in [1.165, 1.54) is 17.6 Å². The van der Waals surface area contributed by atoms with Crippen LogP contribution in [0.2, 0.25) is 5.02 Å². The van der Waals surface area contributed by atoms with Crippen LogP contribution in [0.5, 0.6) is 0 Å². The molecule has 1 aliphatic rings. The highest BCUT2D eigenvalue weighted by molar-refractivity contribution is 7.90. The standard InChI is InChI=1S/C19H18ClN3O3S2/c1-28(25,26)13-6-7-16-17(12-13)27-19(21-16)23-10-8-22(9-11-23)18(24)14-4-2-3-5-15(14)20/h2-7,12H,8-11H2,1H3. The van der Waals surface area contributed by atoms with Crippen molar-refractivity contribution < 1.29 is 13.2 Å². The summed E-state index contributed by atoms with van der Waals surface area (Å²) in [7, 11) is -3.25. The fraction of sp³-hybridized carbons (Fsp3) is 0.263. The van der Waals surface area contributed by atoms with Crippen LogP contribution >= 0.6 is 22.9 Å². The molecule has 0 N–H and O–H groups in total. The lowest BCUT2D eigenvalue weighted by molar-refractivity contribution is 0.0747. The molecule has 1 aliphatic heterocycles. The Hall–Kier alpha value is -2.16. The number of carbonyl (C=O) groups is 1. The second-order valence-electron chi connectivity index (χ2n) is 6.66. The molecular weight excluding hydrogens is 418 g/mol.